The first-order valence-electron chi connectivity index (χ1n) is 14.9. The fraction of sp³-hybridized carbons (Fsp3) is 0.484. The van der Waals surface area contributed by atoms with Gasteiger partial charge in [0.2, 0.25) is 5.91 Å². The fourth-order valence-electron chi connectivity index (χ4n) is 4.14. The molecule has 3 aromatic rings. The maximum atomic E-state index is 12.4. The summed E-state index contributed by atoms with van der Waals surface area (Å²) < 4.78 is 64.3. The molecule has 280 valence electrons. The number of carboxylic acid groups (broad SMARTS) is 2. The zero-order valence-corrected chi connectivity index (χ0v) is 28.9. The summed E-state index contributed by atoms with van der Waals surface area (Å²) in [5.41, 5.74) is 2.85. The van der Waals surface area contributed by atoms with Gasteiger partial charge in [-0.1, -0.05) is 61.9 Å². The fourth-order valence-corrected chi connectivity index (χ4v) is 5.16. The number of benzene rings is 2. The number of aliphatic carboxylic acids is 2. The van der Waals surface area contributed by atoms with Crippen LogP contribution in [0.2, 0.25) is 5.02 Å². The molecule has 1 amide bonds. The monoisotopic (exact) mass is 760 g/mol. The minimum atomic E-state index is -5.08. The van der Waals surface area contributed by atoms with Gasteiger partial charge >= 0.3 is 29.2 Å². The Bertz CT molecular complexity index is 1570. The van der Waals surface area contributed by atoms with E-state index < -0.39 is 24.3 Å². The molecule has 0 radical (unpaired) electrons. The number of nitrogens with zero attached hydrogens (tertiary/aromatic N) is 1. The molecular formula is C31H39ClF6N4O7S. The molecule has 0 atom stereocenters. The number of phenols is 1. The number of carbonyl (C=O) groups is 3. The number of rotatable bonds is 13. The van der Waals surface area contributed by atoms with Crippen LogP contribution in [0.4, 0.5) is 26.3 Å². The van der Waals surface area contributed by atoms with E-state index in [9.17, 15) is 41.0 Å². The van der Waals surface area contributed by atoms with Gasteiger partial charge in [-0.05, 0) is 54.1 Å². The lowest BCUT2D eigenvalue weighted by Crippen LogP contribution is -2.40. The number of nitrogens with one attached hydrogen (secondary N) is 3. The first-order valence-corrected chi connectivity index (χ1v) is 16.1. The van der Waals surface area contributed by atoms with Crippen LogP contribution in [0.5, 0.6) is 5.75 Å². The van der Waals surface area contributed by atoms with Crippen LogP contribution in [0.3, 0.4) is 0 Å². The second-order valence-corrected chi connectivity index (χ2v) is 13.3. The van der Waals surface area contributed by atoms with Crippen molar-refractivity contribution in [2.75, 3.05) is 39.3 Å². The first-order chi connectivity index (χ1) is 23.0. The van der Waals surface area contributed by atoms with Crippen LogP contribution in [0.25, 0.3) is 10.2 Å². The Morgan fingerprint density at radius 2 is 1.42 bits per heavy atom. The molecular weight excluding hydrogens is 722 g/mol. The number of hydrogen-bond acceptors (Lipinski definition) is 8. The van der Waals surface area contributed by atoms with E-state index in [0.717, 1.165) is 66.2 Å². The summed E-state index contributed by atoms with van der Waals surface area (Å²) in [5, 5.41) is 31.4. The van der Waals surface area contributed by atoms with Crippen molar-refractivity contribution in [2.24, 2.45) is 5.41 Å². The lowest BCUT2D eigenvalue weighted by Gasteiger charge is -2.30. The van der Waals surface area contributed by atoms with Crippen LogP contribution in [-0.4, -0.2) is 94.7 Å². The molecule has 0 bridgehead atoms. The number of aromatic amines is 1. The van der Waals surface area contributed by atoms with Crippen LogP contribution < -0.4 is 15.5 Å². The van der Waals surface area contributed by atoms with Gasteiger partial charge in [-0.2, -0.15) is 26.3 Å². The number of thiazole rings is 1. The molecule has 19 heteroatoms. The number of phenolic OH excluding ortho intramolecular Hbond substituents is 1. The molecule has 0 spiro atoms. The number of carbonyl (C=O) groups excluding carboxylic acids is 1. The normalized spacial score (nSPS) is 11.7. The van der Waals surface area contributed by atoms with Crippen molar-refractivity contribution < 1.29 is 56.0 Å². The minimum absolute atomic E-state index is 0.0673. The van der Waals surface area contributed by atoms with Crippen molar-refractivity contribution in [3.63, 3.8) is 0 Å². The Morgan fingerprint density at radius 3 is 1.94 bits per heavy atom. The lowest BCUT2D eigenvalue weighted by atomic mass is 9.96. The molecule has 50 heavy (non-hydrogen) atoms. The highest BCUT2D eigenvalue weighted by Gasteiger charge is 2.38. The molecule has 11 nitrogen and oxygen atoms in total. The van der Waals surface area contributed by atoms with Gasteiger partial charge in [-0.15, -0.1) is 0 Å². The second-order valence-electron chi connectivity index (χ2n) is 11.9. The van der Waals surface area contributed by atoms with Gasteiger partial charge in [0.05, 0.1) is 4.70 Å². The molecule has 6 N–H and O–H groups in total. The van der Waals surface area contributed by atoms with E-state index in [-0.39, 0.29) is 21.9 Å². The summed E-state index contributed by atoms with van der Waals surface area (Å²) >= 11 is 7.05. The predicted octanol–water partition coefficient (Wildman–Crippen LogP) is 5.44. The van der Waals surface area contributed by atoms with E-state index in [0.29, 0.717) is 30.0 Å². The Morgan fingerprint density at radius 1 is 0.860 bits per heavy atom. The van der Waals surface area contributed by atoms with Crippen molar-refractivity contribution in [3.8, 4) is 5.75 Å². The summed E-state index contributed by atoms with van der Waals surface area (Å²) in [7, 11) is 0. The predicted molar refractivity (Wildman–Crippen MR) is 177 cm³/mol. The van der Waals surface area contributed by atoms with Crippen molar-refractivity contribution in [2.45, 2.75) is 52.4 Å². The number of carboxylic acids is 2. The Balaban J connectivity index is 0.000000748. The van der Waals surface area contributed by atoms with E-state index in [1.54, 1.807) is 6.07 Å². The zero-order chi connectivity index (χ0) is 38.3. The van der Waals surface area contributed by atoms with Gasteiger partial charge in [-0.3, -0.25) is 9.59 Å². The highest BCUT2D eigenvalue weighted by Crippen LogP contribution is 2.28. The third-order valence-corrected chi connectivity index (χ3v) is 7.51. The second kappa shape index (κ2) is 20.1. The van der Waals surface area contributed by atoms with Crippen LogP contribution in [-0.2, 0) is 27.2 Å². The topological polar surface area (TPSA) is 172 Å². The highest BCUT2D eigenvalue weighted by molar-refractivity contribution is 7.16. The molecule has 0 aliphatic heterocycles. The molecule has 1 aromatic heterocycles. The van der Waals surface area contributed by atoms with Crippen LogP contribution in [0.15, 0.2) is 41.2 Å². The van der Waals surface area contributed by atoms with Crippen molar-refractivity contribution in [3.05, 3.63) is 62.2 Å². The number of hydrogen-bond donors (Lipinski definition) is 6. The average Bonchev–Trinajstić information content (AvgIpc) is 3.39. The molecule has 0 aliphatic carbocycles. The van der Waals surface area contributed by atoms with Gasteiger partial charge in [0, 0.05) is 44.2 Å². The van der Waals surface area contributed by atoms with E-state index >= 15 is 0 Å². The third-order valence-electron chi connectivity index (χ3n) is 6.30. The number of fused-ring (bicyclic) bond motifs is 1. The number of amides is 1. The Labute approximate surface area is 292 Å². The van der Waals surface area contributed by atoms with Gasteiger partial charge in [0.15, 0.2) is 0 Å². The number of aromatic nitrogens is 1. The molecule has 0 saturated heterocycles. The van der Waals surface area contributed by atoms with Gasteiger partial charge in [0.1, 0.15) is 11.3 Å². The van der Waals surface area contributed by atoms with Gasteiger partial charge in [0.25, 0.3) is 0 Å². The third kappa shape index (κ3) is 18.2. The lowest BCUT2D eigenvalue weighted by molar-refractivity contribution is -0.193. The molecule has 0 fully saturated rings. The summed E-state index contributed by atoms with van der Waals surface area (Å²) in [6, 6.07) is 11.2. The Hall–Kier alpha value is -3.87. The summed E-state index contributed by atoms with van der Waals surface area (Å²) in [6.45, 7) is 11.3. The van der Waals surface area contributed by atoms with E-state index in [1.165, 1.54) is 0 Å². The molecule has 0 saturated carbocycles. The molecule has 0 aliphatic rings. The zero-order valence-electron chi connectivity index (χ0n) is 27.3. The number of halogens is 7. The maximum absolute atomic E-state index is 12.4. The van der Waals surface area contributed by atoms with Crippen LogP contribution in [0.1, 0.15) is 38.3 Å². The van der Waals surface area contributed by atoms with Crippen LogP contribution in [0, 0.1) is 5.41 Å². The summed E-state index contributed by atoms with van der Waals surface area (Å²) in [5.74, 6) is -5.34. The largest absolute Gasteiger partial charge is 0.506 e. The van der Waals surface area contributed by atoms with Crippen molar-refractivity contribution in [1.82, 2.24) is 20.5 Å². The average molecular weight is 761 g/mol. The first kappa shape index (κ1) is 44.2. The number of H-pyrrole nitrogens is 1. The van der Waals surface area contributed by atoms with Crippen molar-refractivity contribution in [1.29, 1.82) is 0 Å². The van der Waals surface area contributed by atoms with Gasteiger partial charge < -0.3 is 35.8 Å². The van der Waals surface area contributed by atoms with Crippen LogP contribution >= 0.6 is 22.9 Å². The SMILES string of the molecule is CC(C)(C)CN(CCNCCc1ccc(O)c2[nH]c(=O)sc12)CCC(=O)NCCc1ccc(Cl)cc1.O=C(O)C(F)(F)F.O=C(O)C(F)(F)F. The molecule has 0 unspecified atom stereocenters. The Kier molecular flexibility index (Phi) is 17.7. The number of aromatic hydroxyl groups is 1. The summed E-state index contributed by atoms with van der Waals surface area (Å²) in [6.07, 6.45) is -8.15. The summed E-state index contributed by atoms with van der Waals surface area (Å²) in [4.78, 5) is 46.8. The molecule has 2 aromatic carbocycles. The van der Waals surface area contributed by atoms with Crippen molar-refractivity contribution >= 4 is 51.0 Å². The molecule has 1 heterocycles. The highest BCUT2D eigenvalue weighted by atomic mass is 35.5. The standard InChI is InChI=1S/C27H37ClN4O3S.2C2HF3O2/c1-27(2,3)18-32(16-12-23(34)30-14-10-19-4-7-21(28)8-5-19)17-15-29-13-11-20-6-9-22(33)24-25(20)36-26(35)31-24;2*3-2(4,5)1(6)7/h4-9,29,33H,10-18H2,1-3H3,(H,30,34)(H,31,35);2*(H,6,7). The van der Waals surface area contributed by atoms with E-state index in [4.69, 9.17) is 31.4 Å². The smallest absolute Gasteiger partial charge is 0.490 e. The molecule has 3 rings (SSSR count). The quantitative estimate of drug-likeness (QED) is 0.0980. The van der Waals surface area contributed by atoms with E-state index in [1.807, 2.05) is 30.3 Å². The maximum Gasteiger partial charge on any atom is 0.490 e. The van der Waals surface area contributed by atoms with Gasteiger partial charge in [-0.25, -0.2) is 9.59 Å². The van der Waals surface area contributed by atoms with E-state index in [2.05, 4.69) is 41.3 Å². The minimum Gasteiger partial charge on any atom is -0.506 e. The number of alkyl halides is 6.